The molecule has 0 radical (unpaired) electrons. The third kappa shape index (κ3) is 3.74. The highest BCUT2D eigenvalue weighted by atomic mass is 16.6. The van der Waals surface area contributed by atoms with Gasteiger partial charge in [0.2, 0.25) is 0 Å². The molecule has 1 amide bonds. The Kier molecular flexibility index (Phi) is 4.37. The Morgan fingerprint density at radius 2 is 1.91 bits per heavy atom. The molecule has 1 N–H and O–H groups in total. The van der Waals surface area contributed by atoms with Gasteiger partial charge < -0.3 is 19.5 Å². The lowest BCUT2D eigenvalue weighted by Crippen LogP contribution is -2.30. The van der Waals surface area contributed by atoms with E-state index in [0.29, 0.717) is 36.1 Å². The van der Waals surface area contributed by atoms with Gasteiger partial charge >= 0.3 is 0 Å². The number of ether oxygens (including phenoxy) is 3. The van der Waals surface area contributed by atoms with Crippen LogP contribution in [0.3, 0.4) is 0 Å². The molecule has 1 atom stereocenters. The van der Waals surface area contributed by atoms with Crippen molar-refractivity contribution in [3.63, 3.8) is 0 Å². The molecule has 0 bridgehead atoms. The molecule has 3 rings (SSSR count). The molecule has 1 aliphatic heterocycles. The van der Waals surface area contributed by atoms with E-state index >= 15 is 0 Å². The zero-order valence-electron chi connectivity index (χ0n) is 13.2. The zero-order valence-corrected chi connectivity index (χ0v) is 13.2. The van der Waals surface area contributed by atoms with Crippen molar-refractivity contribution in [1.29, 1.82) is 0 Å². The Morgan fingerprint density at radius 1 is 1.13 bits per heavy atom. The van der Waals surface area contributed by atoms with E-state index in [9.17, 15) is 4.79 Å². The minimum Gasteiger partial charge on any atom is -0.486 e. The van der Waals surface area contributed by atoms with Crippen molar-refractivity contribution >= 4 is 11.6 Å². The number of nitrogens with one attached hydrogen (secondary N) is 1. The van der Waals surface area contributed by atoms with Gasteiger partial charge in [-0.05, 0) is 43.7 Å². The minimum absolute atomic E-state index is 0.219. The Bertz CT molecular complexity index is 714. The Hall–Kier alpha value is -2.69. The first-order valence-corrected chi connectivity index (χ1v) is 7.55. The lowest BCUT2D eigenvalue weighted by Gasteiger charge is -2.20. The van der Waals surface area contributed by atoms with E-state index in [2.05, 4.69) is 5.32 Å². The molecular formula is C18H19NO4. The molecule has 120 valence electrons. The number of carbonyl (C=O) groups is 1. The number of benzene rings is 2. The van der Waals surface area contributed by atoms with Crippen LogP contribution in [0.4, 0.5) is 5.69 Å². The maximum absolute atomic E-state index is 12.3. The van der Waals surface area contributed by atoms with Crippen LogP contribution in [0.15, 0.2) is 42.5 Å². The van der Waals surface area contributed by atoms with Crippen molar-refractivity contribution in [2.75, 3.05) is 18.5 Å². The van der Waals surface area contributed by atoms with Gasteiger partial charge in [0.25, 0.3) is 5.91 Å². The molecule has 2 aromatic rings. The first kappa shape index (κ1) is 15.2. The highest BCUT2D eigenvalue weighted by molar-refractivity contribution is 5.94. The SMILES string of the molecule is Cc1cccc(O[C@H](C)C(=O)Nc2ccc3c(c2)OCCO3)c1. The van der Waals surface area contributed by atoms with Gasteiger partial charge in [0, 0.05) is 11.8 Å². The summed E-state index contributed by atoms with van der Waals surface area (Å²) < 4.78 is 16.6. The third-order valence-corrected chi connectivity index (χ3v) is 3.48. The van der Waals surface area contributed by atoms with E-state index < -0.39 is 6.10 Å². The summed E-state index contributed by atoms with van der Waals surface area (Å²) in [7, 11) is 0. The lowest BCUT2D eigenvalue weighted by atomic mass is 10.2. The summed E-state index contributed by atoms with van der Waals surface area (Å²) in [6.07, 6.45) is -0.606. The Balaban J connectivity index is 1.64. The first-order valence-electron chi connectivity index (χ1n) is 7.55. The molecule has 1 heterocycles. The van der Waals surface area contributed by atoms with Crippen molar-refractivity contribution in [1.82, 2.24) is 0 Å². The molecule has 5 nitrogen and oxygen atoms in total. The fraction of sp³-hybridized carbons (Fsp3) is 0.278. The van der Waals surface area contributed by atoms with Crippen LogP contribution in [0.5, 0.6) is 17.2 Å². The molecule has 0 saturated heterocycles. The second kappa shape index (κ2) is 6.60. The van der Waals surface area contributed by atoms with Crippen LogP contribution in [0.25, 0.3) is 0 Å². The van der Waals surface area contributed by atoms with Gasteiger partial charge in [-0.15, -0.1) is 0 Å². The van der Waals surface area contributed by atoms with E-state index in [-0.39, 0.29) is 5.91 Å². The summed E-state index contributed by atoms with van der Waals surface area (Å²) in [6.45, 7) is 4.75. The van der Waals surface area contributed by atoms with Crippen molar-refractivity contribution in [2.24, 2.45) is 0 Å². The number of fused-ring (bicyclic) bond motifs is 1. The highest BCUT2D eigenvalue weighted by Crippen LogP contribution is 2.32. The highest BCUT2D eigenvalue weighted by Gasteiger charge is 2.17. The van der Waals surface area contributed by atoms with Crippen LogP contribution in [-0.4, -0.2) is 25.2 Å². The van der Waals surface area contributed by atoms with Gasteiger partial charge in [0.15, 0.2) is 17.6 Å². The zero-order chi connectivity index (χ0) is 16.2. The van der Waals surface area contributed by atoms with Crippen molar-refractivity contribution in [3.8, 4) is 17.2 Å². The number of amides is 1. The fourth-order valence-electron chi connectivity index (χ4n) is 2.31. The molecule has 5 heteroatoms. The van der Waals surface area contributed by atoms with E-state index in [1.807, 2.05) is 31.2 Å². The molecule has 0 saturated carbocycles. The number of anilines is 1. The van der Waals surface area contributed by atoms with Gasteiger partial charge in [-0.1, -0.05) is 12.1 Å². The van der Waals surface area contributed by atoms with Crippen LogP contribution in [0.2, 0.25) is 0 Å². The van der Waals surface area contributed by atoms with Crippen LogP contribution in [0.1, 0.15) is 12.5 Å². The molecule has 0 unspecified atom stereocenters. The number of carbonyl (C=O) groups excluding carboxylic acids is 1. The molecule has 0 aromatic heterocycles. The predicted molar refractivity (Wildman–Crippen MR) is 87.3 cm³/mol. The van der Waals surface area contributed by atoms with Crippen LogP contribution < -0.4 is 19.5 Å². The van der Waals surface area contributed by atoms with Crippen LogP contribution in [0, 0.1) is 6.92 Å². The van der Waals surface area contributed by atoms with Crippen LogP contribution >= 0.6 is 0 Å². The maximum Gasteiger partial charge on any atom is 0.265 e. The quantitative estimate of drug-likeness (QED) is 0.942. The van der Waals surface area contributed by atoms with Crippen molar-refractivity contribution < 1.29 is 19.0 Å². The number of rotatable bonds is 4. The molecule has 2 aromatic carbocycles. The summed E-state index contributed by atoms with van der Waals surface area (Å²) in [5.74, 6) is 1.79. The van der Waals surface area contributed by atoms with Gasteiger partial charge in [-0.2, -0.15) is 0 Å². The van der Waals surface area contributed by atoms with Crippen molar-refractivity contribution in [2.45, 2.75) is 20.0 Å². The average Bonchev–Trinajstić information content (AvgIpc) is 2.54. The summed E-state index contributed by atoms with van der Waals surface area (Å²) in [6, 6.07) is 12.9. The normalized spacial score (nSPS) is 14.0. The maximum atomic E-state index is 12.3. The summed E-state index contributed by atoms with van der Waals surface area (Å²) in [4.78, 5) is 12.3. The van der Waals surface area contributed by atoms with Crippen LogP contribution in [-0.2, 0) is 4.79 Å². The molecule has 1 aliphatic rings. The minimum atomic E-state index is -0.606. The van der Waals surface area contributed by atoms with E-state index in [4.69, 9.17) is 14.2 Å². The largest absolute Gasteiger partial charge is 0.486 e. The van der Waals surface area contributed by atoms with Gasteiger partial charge in [0.05, 0.1) is 0 Å². The monoisotopic (exact) mass is 313 g/mol. The van der Waals surface area contributed by atoms with E-state index in [1.165, 1.54) is 0 Å². The second-order valence-corrected chi connectivity index (χ2v) is 5.42. The summed E-state index contributed by atoms with van der Waals surface area (Å²) in [5, 5.41) is 2.83. The average molecular weight is 313 g/mol. The topological polar surface area (TPSA) is 56.8 Å². The summed E-state index contributed by atoms with van der Waals surface area (Å²) in [5.41, 5.74) is 1.74. The lowest BCUT2D eigenvalue weighted by molar-refractivity contribution is -0.122. The summed E-state index contributed by atoms with van der Waals surface area (Å²) >= 11 is 0. The standard InChI is InChI=1S/C18H19NO4/c1-12-4-3-5-15(10-12)23-13(2)18(20)19-14-6-7-16-17(11-14)22-9-8-21-16/h3-7,10-11,13H,8-9H2,1-2H3,(H,19,20)/t13-/m1/s1. The van der Waals surface area contributed by atoms with Gasteiger partial charge in [-0.25, -0.2) is 0 Å². The second-order valence-electron chi connectivity index (χ2n) is 5.42. The van der Waals surface area contributed by atoms with E-state index in [0.717, 1.165) is 5.56 Å². The number of aryl methyl sites for hydroxylation is 1. The molecule has 0 fully saturated rings. The van der Waals surface area contributed by atoms with Gasteiger partial charge in [-0.3, -0.25) is 4.79 Å². The Morgan fingerprint density at radius 3 is 2.70 bits per heavy atom. The third-order valence-electron chi connectivity index (χ3n) is 3.48. The molecular weight excluding hydrogens is 294 g/mol. The first-order chi connectivity index (χ1) is 11.1. The number of hydrogen-bond acceptors (Lipinski definition) is 4. The molecule has 23 heavy (non-hydrogen) atoms. The smallest absolute Gasteiger partial charge is 0.265 e. The fourth-order valence-corrected chi connectivity index (χ4v) is 2.31. The van der Waals surface area contributed by atoms with Gasteiger partial charge in [0.1, 0.15) is 19.0 Å². The van der Waals surface area contributed by atoms with E-state index in [1.54, 1.807) is 25.1 Å². The molecule has 0 spiro atoms. The number of hydrogen-bond donors (Lipinski definition) is 1. The van der Waals surface area contributed by atoms with Crippen molar-refractivity contribution in [3.05, 3.63) is 48.0 Å². The predicted octanol–water partition coefficient (Wildman–Crippen LogP) is 3.17. The molecule has 0 aliphatic carbocycles. The Labute approximate surface area is 135 Å².